The van der Waals surface area contributed by atoms with Crippen molar-refractivity contribution in [2.45, 2.75) is 58.8 Å². The lowest BCUT2D eigenvalue weighted by atomic mass is 9.99. The van der Waals surface area contributed by atoms with Crippen molar-refractivity contribution in [2.75, 3.05) is 13.2 Å². The number of carboxylic acids is 2. The van der Waals surface area contributed by atoms with E-state index in [0.717, 1.165) is 12.8 Å². The maximum Gasteiger partial charge on any atom is 0.332 e. The predicted octanol–water partition coefficient (Wildman–Crippen LogP) is 2.31. The smallest absolute Gasteiger partial charge is 0.332 e. The highest BCUT2D eigenvalue weighted by atomic mass is 16.5. The van der Waals surface area contributed by atoms with Gasteiger partial charge in [-0.05, 0) is 18.4 Å². The van der Waals surface area contributed by atoms with Crippen molar-refractivity contribution in [3.05, 3.63) is 11.1 Å². The summed E-state index contributed by atoms with van der Waals surface area (Å²) in [5, 5.41) is 18.1. The Kier molecular flexibility index (Phi) is 11.7. The molecule has 0 saturated carbocycles. The van der Waals surface area contributed by atoms with Crippen molar-refractivity contribution in [2.24, 2.45) is 0 Å². The van der Waals surface area contributed by atoms with Gasteiger partial charge < -0.3 is 19.7 Å². The summed E-state index contributed by atoms with van der Waals surface area (Å²) in [6, 6.07) is 0. The van der Waals surface area contributed by atoms with Gasteiger partial charge >= 0.3 is 23.9 Å². The molecule has 0 saturated heterocycles. The predicted molar refractivity (Wildman–Crippen MR) is 87.9 cm³/mol. The van der Waals surface area contributed by atoms with Gasteiger partial charge in [0.25, 0.3) is 0 Å². The Morgan fingerprint density at radius 1 is 0.760 bits per heavy atom. The summed E-state index contributed by atoms with van der Waals surface area (Å²) in [5.74, 6) is -4.25. The summed E-state index contributed by atoms with van der Waals surface area (Å²) >= 11 is 0. The second kappa shape index (κ2) is 13.0. The molecule has 8 nitrogen and oxygen atoms in total. The molecular formula is C17H26O8. The number of hydrogen-bond acceptors (Lipinski definition) is 6. The van der Waals surface area contributed by atoms with Crippen molar-refractivity contribution in [3.63, 3.8) is 0 Å². The average Bonchev–Trinajstić information content (AvgIpc) is 2.52. The van der Waals surface area contributed by atoms with Crippen molar-refractivity contribution in [3.8, 4) is 0 Å². The highest BCUT2D eigenvalue weighted by Crippen LogP contribution is 2.19. The molecule has 0 atom stereocenters. The molecule has 0 aliphatic rings. The Morgan fingerprint density at radius 2 is 1.20 bits per heavy atom. The van der Waals surface area contributed by atoms with Gasteiger partial charge in [-0.15, -0.1) is 0 Å². The van der Waals surface area contributed by atoms with E-state index in [2.05, 4.69) is 0 Å². The van der Waals surface area contributed by atoms with Gasteiger partial charge in [0.15, 0.2) is 0 Å². The first-order valence-electron chi connectivity index (χ1n) is 8.28. The van der Waals surface area contributed by atoms with E-state index in [9.17, 15) is 24.3 Å². The Hall–Kier alpha value is -2.38. The third-order valence-electron chi connectivity index (χ3n) is 3.25. The topological polar surface area (TPSA) is 127 Å². The monoisotopic (exact) mass is 358 g/mol. The Bertz CT molecular complexity index is 481. The van der Waals surface area contributed by atoms with E-state index in [0.29, 0.717) is 12.8 Å². The molecule has 0 amide bonds. The lowest BCUT2D eigenvalue weighted by Gasteiger charge is -2.12. The third kappa shape index (κ3) is 10.9. The third-order valence-corrected chi connectivity index (χ3v) is 3.25. The van der Waals surface area contributed by atoms with Gasteiger partial charge in [-0.2, -0.15) is 0 Å². The Morgan fingerprint density at radius 3 is 1.52 bits per heavy atom. The van der Waals surface area contributed by atoms with Gasteiger partial charge in [-0.3, -0.25) is 14.4 Å². The van der Waals surface area contributed by atoms with Crippen molar-refractivity contribution >= 4 is 23.9 Å². The number of aliphatic carboxylic acids is 2. The average molecular weight is 358 g/mol. The SMILES string of the molecule is CCCCOC(=O)CC(CC(=O)OCCCC)=C(CC(=O)O)C(=O)O. The number of unbranched alkanes of at least 4 members (excludes halogenated alkanes) is 2. The van der Waals surface area contributed by atoms with E-state index in [4.69, 9.17) is 14.6 Å². The Balaban J connectivity index is 5.19. The van der Waals surface area contributed by atoms with Crippen molar-refractivity contribution in [1.82, 2.24) is 0 Å². The number of carbonyl (C=O) groups is 4. The van der Waals surface area contributed by atoms with Crippen LogP contribution in [0, 0.1) is 0 Å². The Labute approximate surface area is 146 Å². The van der Waals surface area contributed by atoms with Crippen LogP contribution in [0.1, 0.15) is 58.8 Å². The van der Waals surface area contributed by atoms with E-state index in [-0.39, 0.29) is 18.8 Å². The van der Waals surface area contributed by atoms with Crippen molar-refractivity contribution < 1.29 is 38.9 Å². The summed E-state index contributed by atoms with van der Waals surface area (Å²) in [4.78, 5) is 45.9. The molecule has 25 heavy (non-hydrogen) atoms. The van der Waals surface area contributed by atoms with E-state index in [1.165, 1.54) is 0 Å². The summed E-state index contributed by atoms with van der Waals surface area (Å²) < 4.78 is 9.92. The van der Waals surface area contributed by atoms with Gasteiger partial charge in [0.2, 0.25) is 0 Å². The molecule has 0 aliphatic carbocycles. The van der Waals surface area contributed by atoms with Crippen LogP contribution >= 0.6 is 0 Å². The molecule has 0 unspecified atom stereocenters. The second-order valence-corrected chi connectivity index (χ2v) is 5.46. The zero-order valence-electron chi connectivity index (χ0n) is 14.7. The normalized spacial score (nSPS) is 10.0. The van der Waals surface area contributed by atoms with Crippen LogP contribution in [0.5, 0.6) is 0 Å². The molecule has 0 rings (SSSR count). The minimum Gasteiger partial charge on any atom is -0.481 e. The highest BCUT2D eigenvalue weighted by Gasteiger charge is 2.23. The van der Waals surface area contributed by atoms with Gasteiger partial charge in [0.05, 0.1) is 32.5 Å². The van der Waals surface area contributed by atoms with Gasteiger partial charge in [0.1, 0.15) is 0 Å². The van der Waals surface area contributed by atoms with Crippen LogP contribution in [0.2, 0.25) is 0 Å². The van der Waals surface area contributed by atoms with Crippen LogP contribution in [-0.4, -0.2) is 47.3 Å². The molecule has 0 bridgehead atoms. The van der Waals surface area contributed by atoms with E-state index in [1.807, 2.05) is 13.8 Å². The summed E-state index contributed by atoms with van der Waals surface area (Å²) in [7, 11) is 0. The molecule has 0 radical (unpaired) electrons. The standard InChI is InChI=1S/C17H26O8/c1-3-5-7-24-15(20)9-12(10-16(21)25-8-6-4-2)13(17(22)23)11-14(18)19/h3-11H2,1-2H3,(H,18,19)(H,22,23). The second-order valence-electron chi connectivity index (χ2n) is 5.46. The first-order valence-corrected chi connectivity index (χ1v) is 8.28. The number of esters is 2. The number of carboxylic acid groups (broad SMARTS) is 2. The highest BCUT2D eigenvalue weighted by molar-refractivity contribution is 5.95. The van der Waals surface area contributed by atoms with Crippen LogP contribution in [0.3, 0.4) is 0 Å². The number of carbonyl (C=O) groups excluding carboxylic acids is 2. The van der Waals surface area contributed by atoms with Gasteiger partial charge in [-0.25, -0.2) is 4.79 Å². The zero-order chi connectivity index (χ0) is 19.2. The van der Waals surface area contributed by atoms with Crippen LogP contribution in [0.4, 0.5) is 0 Å². The van der Waals surface area contributed by atoms with Crippen molar-refractivity contribution in [1.29, 1.82) is 0 Å². The minimum atomic E-state index is -1.49. The molecule has 0 aromatic carbocycles. The fourth-order valence-corrected chi connectivity index (χ4v) is 1.89. The van der Waals surface area contributed by atoms with E-state index in [1.54, 1.807) is 0 Å². The molecule has 0 fully saturated rings. The molecule has 2 N–H and O–H groups in total. The maximum atomic E-state index is 11.8. The zero-order valence-corrected chi connectivity index (χ0v) is 14.7. The first kappa shape index (κ1) is 22.6. The van der Waals surface area contributed by atoms with Crippen LogP contribution in [0.25, 0.3) is 0 Å². The minimum absolute atomic E-state index is 0.0992. The fourth-order valence-electron chi connectivity index (χ4n) is 1.89. The molecule has 0 aliphatic heterocycles. The summed E-state index contributed by atoms with van der Waals surface area (Å²) in [5.41, 5.74) is -0.592. The van der Waals surface area contributed by atoms with Crippen LogP contribution in [-0.2, 0) is 28.7 Å². The van der Waals surface area contributed by atoms with E-state index >= 15 is 0 Å². The van der Waals surface area contributed by atoms with E-state index < -0.39 is 48.7 Å². The number of rotatable bonds is 13. The molecule has 8 heteroatoms. The van der Waals surface area contributed by atoms with Gasteiger partial charge in [0, 0.05) is 5.57 Å². The number of ether oxygens (including phenoxy) is 2. The molecule has 0 heterocycles. The number of hydrogen-bond donors (Lipinski definition) is 2. The molecule has 0 aromatic heterocycles. The molecule has 142 valence electrons. The first-order chi connectivity index (χ1) is 11.8. The quantitative estimate of drug-likeness (QED) is 0.292. The molecule has 0 aromatic rings. The largest absolute Gasteiger partial charge is 0.481 e. The van der Waals surface area contributed by atoms with Crippen LogP contribution in [0.15, 0.2) is 11.1 Å². The fraction of sp³-hybridized carbons (Fsp3) is 0.647. The van der Waals surface area contributed by atoms with Gasteiger partial charge in [-0.1, -0.05) is 26.7 Å². The maximum absolute atomic E-state index is 11.8. The lowest BCUT2D eigenvalue weighted by Crippen LogP contribution is -2.17. The summed E-state index contributed by atoms with van der Waals surface area (Å²) in [6.45, 7) is 4.21. The summed E-state index contributed by atoms with van der Waals surface area (Å²) in [6.07, 6.45) is 1.24. The van der Waals surface area contributed by atoms with Crippen LogP contribution < -0.4 is 0 Å². The molecular weight excluding hydrogens is 332 g/mol. The molecule has 0 spiro atoms. The lowest BCUT2D eigenvalue weighted by molar-refractivity contribution is -0.144.